The van der Waals surface area contributed by atoms with Gasteiger partial charge in [-0.25, -0.2) is 29.6 Å². The maximum absolute atomic E-state index is 12.9. The molecule has 3 heterocycles. The first-order valence-electron chi connectivity index (χ1n) is 15.9. The SMILES string of the molecule is CC(C)(C)c1cc(NC(=O)C(C)(C)S(=O)(=O)CC2CCN(S(C)(=O)=O)C2)no1.CCCS(=O)(=O)C(C)(C)C(=O)Nc1cc(C(C)(C)C)no1. The topological polar surface area (TPSA) is 216 Å². The third-order valence-electron chi connectivity index (χ3n) is 8.30. The van der Waals surface area contributed by atoms with Crippen LogP contribution in [-0.2, 0) is 50.1 Å². The third-order valence-corrected chi connectivity index (χ3v) is 14.9. The number of carbonyl (C=O) groups is 2. The lowest BCUT2D eigenvalue weighted by Gasteiger charge is -2.25. The Balaban J connectivity index is 0.000000355. The smallest absolute Gasteiger partial charge is 0.247 e. The first-order valence-corrected chi connectivity index (χ1v) is 21.1. The summed E-state index contributed by atoms with van der Waals surface area (Å²) in [7, 11) is -10.7. The molecule has 1 aliphatic heterocycles. The number of nitrogens with one attached hydrogen (secondary N) is 2. The van der Waals surface area contributed by atoms with Crippen LogP contribution < -0.4 is 10.6 Å². The highest BCUT2D eigenvalue weighted by atomic mass is 32.2. The fraction of sp³-hybridized carbons (Fsp3) is 0.742. The van der Waals surface area contributed by atoms with Crippen LogP contribution in [0.1, 0.15) is 100 Å². The monoisotopic (exact) mass is 751 g/mol. The molecule has 1 atom stereocenters. The van der Waals surface area contributed by atoms with Crippen molar-refractivity contribution in [2.45, 2.75) is 109 Å². The Hall–Kier alpha value is -2.83. The minimum Gasteiger partial charge on any atom is -0.359 e. The lowest BCUT2D eigenvalue weighted by Crippen LogP contribution is -2.47. The van der Waals surface area contributed by atoms with Crippen molar-refractivity contribution in [1.29, 1.82) is 0 Å². The van der Waals surface area contributed by atoms with Crippen molar-refractivity contribution in [2.75, 3.05) is 41.5 Å². The molecule has 15 nitrogen and oxygen atoms in total. The number of aromatic nitrogens is 2. The van der Waals surface area contributed by atoms with Gasteiger partial charge in [0, 0.05) is 36.1 Å². The van der Waals surface area contributed by atoms with Crippen molar-refractivity contribution in [3.8, 4) is 0 Å². The summed E-state index contributed by atoms with van der Waals surface area (Å²) in [6.07, 6.45) is 2.02. The van der Waals surface area contributed by atoms with Crippen LogP contribution >= 0.6 is 0 Å². The van der Waals surface area contributed by atoms with Crippen molar-refractivity contribution in [3.05, 3.63) is 23.6 Å². The molecule has 280 valence electrons. The third kappa shape index (κ3) is 10.6. The lowest BCUT2D eigenvalue weighted by molar-refractivity contribution is -0.118. The summed E-state index contributed by atoms with van der Waals surface area (Å²) in [4.78, 5) is 24.9. The lowest BCUT2D eigenvalue weighted by atomic mass is 9.92. The predicted molar refractivity (Wildman–Crippen MR) is 188 cm³/mol. The molecule has 2 amide bonds. The highest BCUT2D eigenvalue weighted by Gasteiger charge is 2.45. The average molecular weight is 752 g/mol. The Morgan fingerprint density at radius 2 is 1.37 bits per heavy atom. The molecule has 49 heavy (non-hydrogen) atoms. The maximum atomic E-state index is 12.9. The highest BCUT2D eigenvalue weighted by Crippen LogP contribution is 2.29. The molecule has 1 saturated heterocycles. The molecule has 1 unspecified atom stereocenters. The molecule has 1 fully saturated rings. The normalized spacial score (nSPS) is 16.9. The van der Waals surface area contributed by atoms with Gasteiger partial charge in [0.05, 0.1) is 23.5 Å². The first-order chi connectivity index (χ1) is 22.0. The second kappa shape index (κ2) is 14.8. The van der Waals surface area contributed by atoms with Gasteiger partial charge in [0.25, 0.3) is 0 Å². The van der Waals surface area contributed by atoms with Crippen LogP contribution in [0.25, 0.3) is 0 Å². The highest BCUT2D eigenvalue weighted by molar-refractivity contribution is 7.93. The number of carbonyl (C=O) groups excluding carboxylic acids is 2. The van der Waals surface area contributed by atoms with Gasteiger partial charge in [-0.2, -0.15) is 0 Å². The number of amides is 2. The fourth-order valence-corrected chi connectivity index (χ4v) is 8.41. The van der Waals surface area contributed by atoms with E-state index in [9.17, 15) is 34.8 Å². The largest absolute Gasteiger partial charge is 0.359 e. The zero-order chi connectivity index (χ0) is 38.0. The Bertz CT molecular complexity index is 1810. The van der Waals surface area contributed by atoms with Gasteiger partial charge < -0.3 is 14.4 Å². The second-order valence-corrected chi connectivity index (χ2v) is 22.7. The van der Waals surface area contributed by atoms with Crippen LogP contribution in [0.2, 0.25) is 0 Å². The second-order valence-electron chi connectivity index (χ2n) is 15.5. The molecule has 18 heteroatoms. The van der Waals surface area contributed by atoms with E-state index in [0.717, 1.165) is 6.26 Å². The number of nitrogens with zero attached hydrogens (tertiary/aromatic N) is 3. The number of anilines is 2. The Kier molecular flexibility index (Phi) is 12.8. The van der Waals surface area contributed by atoms with Crippen molar-refractivity contribution in [1.82, 2.24) is 14.6 Å². The van der Waals surface area contributed by atoms with Gasteiger partial charge in [-0.05, 0) is 46.5 Å². The quantitative estimate of drug-likeness (QED) is 0.334. The summed E-state index contributed by atoms with van der Waals surface area (Å²) < 4.78 is 81.6. The Morgan fingerprint density at radius 3 is 1.82 bits per heavy atom. The molecular weight excluding hydrogens is 699 g/mol. The van der Waals surface area contributed by atoms with Gasteiger partial charge in [0.2, 0.25) is 27.7 Å². The molecule has 3 rings (SSSR count). The van der Waals surface area contributed by atoms with Crippen molar-refractivity contribution in [3.63, 3.8) is 0 Å². The van der Waals surface area contributed by atoms with Gasteiger partial charge in [-0.3, -0.25) is 14.9 Å². The zero-order valence-corrected chi connectivity index (χ0v) is 33.1. The zero-order valence-electron chi connectivity index (χ0n) is 30.6. The number of hydrogen-bond acceptors (Lipinski definition) is 12. The van der Waals surface area contributed by atoms with Crippen LogP contribution in [0.5, 0.6) is 0 Å². The van der Waals surface area contributed by atoms with Gasteiger partial charge in [-0.1, -0.05) is 58.8 Å². The standard InChI is InChI=1S/C17H29N3O6S2.C14H24N2O4S/c1-16(2,3)13-9-14(19-26-13)18-15(21)17(4,5)28(24,25)11-12-7-8-20(10-12)27(6,22)23;1-7-8-21(18,19)14(5,6)12(17)15-11-9-10(16-20-11)13(2,3)4/h9,12H,7-8,10-11H2,1-6H3,(H,18,19,21);9H,7-8H2,1-6H3,(H,15,17). The Labute approximate surface area is 291 Å². The van der Waals surface area contributed by atoms with Crippen molar-refractivity contribution >= 4 is 53.2 Å². The maximum Gasteiger partial charge on any atom is 0.247 e. The summed E-state index contributed by atoms with van der Waals surface area (Å²) in [5.74, 6) is -1.08. The number of sulfonamides is 1. The molecule has 0 saturated carbocycles. The summed E-state index contributed by atoms with van der Waals surface area (Å²) in [6, 6.07) is 3.18. The van der Waals surface area contributed by atoms with Gasteiger partial charge >= 0.3 is 0 Å². The molecule has 0 radical (unpaired) electrons. The molecule has 0 aliphatic carbocycles. The van der Waals surface area contributed by atoms with Gasteiger partial charge in [0.1, 0.15) is 15.3 Å². The number of sulfone groups is 2. The van der Waals surface area contributed by atoms with Crippen LogP contribution in [-0.4, -0.2) is 92.0 Å². The average Bonchev–Trinajstić information content (AvgIpc) is 3.69. The number of hydrogen-bond donors (Lipinski definition) is 2. The van der Waals surface area contributed by atoms with E-state index in [1.165, 1.54) is 32.0 Å². The molecule has 2 aromatic rings. The summed E-state index contributed by atoms with van der Waals surface area (Å²) in [6.45, 7) is 19.3. The van der Waals surface area contributed by atoms with Crippen molar-refractivity contribution in [2.24, 2.45) is 5.92 Å². The minimum absolute atomic E-state index is 0.0307. The molecule has 0 aromatic carbocycles. The van der Waals surface area contributed by atoms with Crippen molar-refractivity contribution < 1.29 is 43.9 Å². The molecule has 0 bridgehead atoms. The van der Waals surface area contributed by atoms with Crippen LogP contribution in [0.15, 0.2) is 21.2 Å². The van der Waals surface area contributed by atoms with E-state index in [-0.39, 0.29) is 46.5 Å². The molecule has 2 aromatic heterocycles. The van der Waals surface area contributed by atoms with E-state index in [1.807, 2.05) is 41.5 Å². The predicted octanol–water partition coefficient (Wildman–Crippen LogP) is 3.90. The summed E-state index contributed by atoms with van der Waals surface area (Å²) in [5, 5.41) is 12.7. The van der Waals surface area contributed by atoms with Crippen LogP contribution in [0.3, 0.4) is 0 Å². The summed E-state index contributed by atoms with van der Waals surface area (Å²) in [5.41, 5.74) is 0.175. The Morgan fingerprint density at radius 1 is 0.816 bits per heavy atom. The van der Waals surface area contributed by atoms with Gasteiger partial charge in [-0.15, -0.1) is 0 Å². The molecular formula is C31H53N5O10S3. The fourth-order valence-electron chi connectivity index (χ4n) is 4.46. The van der Waals surface area contributed by atoms with E-state index >= 15 is 0 Å². The van der Waals surface area contributed by atoms with E-state index in [1.54, 1.807) is 19.1 Å². The first kappa shape index (κ1) is 42.3. The van der Waals surface area contributed by atoms with E-state index < -0.39 is 51.0 Å². The minimum atomic E-state index is -3.85. The van der Waals surface area contributed by atoms with Crippen LogP contribution in [0.4, 0.5) is 11.7 Å². The molecule has 1 aliphatic rings. The van der Waals surface area contributed by atoms with E-state index in [4.69, 9.17) is 9.05 Å². The van der Waals surface area contributed by atoms with Gasteiger partial charge in [0.15, 0.2) is 25.5 Å². The molecule has 0 spiro atoms. The molecule has 2 N–H and O–H groups in total. The number of rotatable bonds is 11. The summed E-state index contributed by atoms with van der Waals surface area (Å²) >= 11 is 0. The van der Waals surface area contributed by atoms with Crippen LogP contribution in [0, 0.1) is 5.92 Å². The van der Waals surface area contributed by atoms with E-state index in [2.05, 4.69) is 20.9 Å². The van der Waals surface area contributed by atoms with E-state index in [0.29, 0.717) is 30.8 Å².